The van der Waals surface area contributed by atoms with Crippen molar-refractivity contribution < 1.29 is 9.53 Å². The van der Waals surface area contributed by atoms with Crippen LogP contribution in [0.3, 0.4) is 0 Å². The molecule has 2 aliphatic carbocycles. The molecule has 5 nitrogen and oxygen atoms in total. The van der Waals surface area contributed by atoms with Gasteiger partial charge in [-0.2, -0.15) is 5.26 Å². The predicted octanol–water partition coefficient (Wildman–Crippen LogP) is 4.62. The number of benzene rings is 1. The highest BCUT2D eigenvalue weighted by atomic mass is 16.5. The summed E-state index contributed by atoms with van der Waals surface area (Å²) in [5.74, 6) is 1.17. The first-order valence-corrected chi connectivity index (χ1v) is 10.8. The molecule has 1 aromatic carbocycles. The summed E-state index contributed by atoms with van der Waals surface area (Å²) in [7, 11) is 1.67. The Kier molecular flexibility index (Phi) is 7.46. The van der Waals surface area contributed by atoms with Gasteiger partial charge < -0.3 is 10.1 Å². The quantitative estimate of drug-likeness (QED) is 0.481. The zero-order valence-electron chi connectivity index (χ0n) is 17.9. The molecule has 0 spiro atoms. The van der Waals surface area contributed by atoms with E-state index in [1.165, 1.54) is 12.8 Å². The van der Waals surface area contributed by atoms with Crippen molar-refractivity contribution in [1.29, 1.82) is 5.26 Å². The van der Waals surface area contributed by atoms with Crippen LogP contribution < -0.4 is 10.1 Å². The summed E-state index contributed by atoms with van der Waals surface area (Å²) < 4.78 is 6.20. The van der Waals surface area contributed by atoms with Crippen molar-refractivity contribution in [3.63, 3.8) is 0 Å². The van der Waals surface area contributed by atoms with Gasteiger partial charge in [0.2, 0.25) is 6.41 Å². The molecule has 0 aromatic heterocycles. The van der Waals surface area contributed by atoms with Crippen LogP contribution in [0.4, 0.5) is 0 Å². The average Bonchev–Trinajstić information content (AvgIpc) is 3.29. The van der Waals surface area contributed by atoms with Gasteiger partial charge in [-0.3, -0.25) is 9.79 Å². The van der Waals surface area contributed by atoms with Gasteiger partial charge in [0.1, 0.15) is 23.1 Å². The van der Waals surface area contributed by atoms with Crippen molar-refractivity contribution in [2.24, 2.45) is 16.8 Å². The number of carbonyl (C=O) groups excluding carboxylic acids is 1. The molecule has 0 heterocycles. The summed E-state index contributed by atoms with van der Waals surface area (Å²) in [5, 5.41) is 12.7. The van der Waals surface area contributed by atoms with E-state index in [2.05, 4.69) is 41.5 Å². The Labute approximate surface area is 179 Å². The second-order valence-electron chi connectivity index (χ2n) is 8.41. The monoisotopic (exact) mass is 405 g/mol. The van der Waals surface area contributed by atoms with Crippen LogP contribution in [0.25, 0.3) is 0 Å². The van der Waals surface area contributed by atoms with E-state index in [9.17, 15) is 10.1 Å². The Morgan fingerprint density at radius 1 is 1.37 bits per heavy atom. The number of nitrogens with one attached hydrogen (secondary N) is 1. The number of ether oxygens (including phenoxy) is 1. The first-order chi connectivity index (χ1) is 14.6. The Morgan fingerprint density at radius 2 is 2.10 bits per heavy atom. The lowest BCUT2D eigenvalue weighted by molar-refractivity contribution is -0.110. The van der Waals surface area contributed by atoms with E-state index in [1.54, 1.807) is 7.05 Å². The topological polar surface area (TPSA) is 74.5 Å². The van der Waals surface area contributed by atoms with E-state index in [0.717, 1.165) is 30.6 Å². The molecule has 1 fully saturated rings. The number of para-hydroxylation sites is 1. The Hall–Kier alpha value is -2.87. The third-order valence-electron chi connectivity index (χ3n) is 6.29. The number of amides is 1. The first-order valence-electron chi connectivity index (χ1n) is 10.8. The largest absolute Gasteiger partial charge is 0.483 e. The van der Waals surface area contributed by atoms with Gasteiger partial charge in [-0.1, -0.05) is 43.2 Å². The third kappa shape index (κ3) is 5.38. The van der Waals surface area contributed by atoms with Gasteiger partial charge >= 0.3 is 0 Å². The number of carbonyl (C=O) groups is 1. The summed E-state index contributed by atoms with van der Waals surface area (Å²) in [5.41, 5.74) is 1.15. The number of nitrogens with zero attached hydrogens (tertiary/aromatic N) is 2. The van der Waals surface area contributed by atoms with Crippen molar-refractivity contribution in [3.8, 4) is 11.8 Å². The van der Waals surface area contributed by atoms with E-state index in [1.807, 2.05) is 30.3 Å². The van der Waals surface area contributed by atoms with Gasteiger partial charge in [0.05, 0.1) is 0 Å². The lowest BCUT2D eigenvalue weighted by Gasteiger charge is -2.32. The molecule has 158 valence electrons. The molecule has 0 bridgehead atoms. The summed E-state index contributed by atoms with van der Waals surface area (Å²) in [6.07, 6.45) is 13.2. The van der Waals surface area contributed by atoms with Crippen LogP contribution in [0.15, 0.2) is 59.1 Å². The molecule has 1 N–H and O–H groups in total. The van der Waals surface area contributed by atoms with E-state index < -0.39 is 5.60 Å². The maximum Gasteiger partial charge on any atom is 0.207 e. The minimum absolute atomic E-state index is 0.0586. The van der Waals surface area contributed by atoms with E-state index in [4.69, 9.17) is 4.74 Å². The van der Waals surface area contributed by atoms with Crippen LogP contribution in [0.1, 0.15) is 45.4 Å². The van der Waals surface area contributed by atoms with Crippen molar-refractivity contribution in [1.82, 2.24) is 5.32 Å². The minimum atomic E-state index is -0.433. The van der Waals surface area contributed by atoms with Gasteiger partial charge in [-0.25, -0.2) is 0 Å². The number of nitriles is 1. The van der Waals surface area contributed by atoms with Crippen molar-refractivity contribution >= 4 is 12.1 Å². The second-order valence-corrected chi connectivity index (χ2v) is 8.41. The van der Waals surface area contributed by atoms with Crippen LogP contribution in [0.5, 0.6) is 5.75 Å². The minimum Gasteiger partial charge on any atom is -0.483 e. The van der Waals surface area contributed by atoms with Crippen LogP contribution in [-0.4, -0.2) is 30.8 Å². The maximum atomic E-state index is 11.2. The smallest absolute Gasteiger partial charge is 0.207 e. The van der Waals surface area contributed by atoms with Gasteiger partial charge in [-0.05, 0) is 55.9 Å². The molecule has 1 aromatic rings. The number of hydrogen-bond donors (Lipinski definition) is 1. The highest BCUT2D eigenvalue weighted by Crippen LogP contribution is 2.35. The number of rotatable bonds is 9. The van der Waals surface area contributed by atoms with Gasteiger partial charge in [-0.15, -0.1) is 0 Å². The van der Waals surface area contributed by atoms with Crippen LogP contribution in [-0.2, 0) is 4.79 Å². The summed E-state index contributed by atoms with van der Waals surface area (Å²) >= 11 is 0. The zero-order valence-corrected chi connectivity index (χ0v) is 17.9. The number of hydrogen-bond acceptors (Lipinski definition) is 4. The molecule has 0 aliphatic heterocycles. The van der Waals surface area contributed by atoms with Crippen LogP contribution >= 0.6 is 0 Å². The highest BCUT2D eigenvalue weighted by molar-refractivity contribution is 6.02. The predicted molar refractivity (Wildman–Crippen MR) is 119 cm³/mol. The Balaban J connectivity index is 1.77. The van der Waals surface area contributed by atoms with Crippen LogP contribution in [0.2, 0.25) is 0 Å². The zero-order chi connectivity index (χ0) is 21.4. The first kappa shape index (κ1) is 21.8. The van der Waals surface area contributed by atoms with Crippen LogP contribution in [0, 0.1) is 23.2 Å². The van der Waals surface area contributed by atoms with E-state index in [-0.39, 0.29) is 12.0 Å². The molecule has 1 amide bonds. The maximum absolute atomic E-state index is 11.2. The molecule has 5 heteroatoms. The summed E-state index contributed by atoms with van der Waals surface area (Å²) in [6, 6.07) is 12.1. The normalized spacial score (nSPS) is 23.9. The molecule has 3 rings (SSSR count). The molecule has 3 unspecified atom stereocenters. The Morgan fingerprint density at radius 3 is 2.67 bits per heavy atom. The van der Waals surface area contributed by atoms with Crippen molar-refractivity contribution in [2.45, 2.75) is 57.1 Å². The lowest BCUT2D eigenvalue weighted by Crippen LogP contribution is -2.38. The van der Waals surface area contributed by atoms with Gasteiger partial charge in [0, 0.05) is 25.4 Å². The molecule has 3 atom stereocenters. The second kappa shape index (κ2) is 10.2. The van der Waals surface area contributed by atoms with E-state index >= 15 is 0 Å². The fourth-order valence-electron chi connectivity index (χ4n) is 4.61. The van der Waals surface area contributed by atoms with E-state index in [0.29, 0.717) is 24.5 Å². The highest BCUT2D eigenvalue weighted by Gasteiger charge is 2.32. The number of aliphatic imine (C=N–C) groups is 1. The van der Waals surface area contributed by atoms with Gasteiger partial charge in [0.25, 0.3) is 0 Å². The Bertz CT molecular complexity index is 847. The number of allylic oxidation sites excluding steroid dienone is 2. The van der Waals surface area contributed by atoms with Crippen molar-refractivity contribution in [3.05, 3.63) is 54.1 Å². The average molecular weight is 406 g/mol. The van der Waals surface area contributed by atoms with Gasteiger partial charge in [0.15, 0.2) is 0 Å². The molecular weight excluding hydrogens is 374 g/mol. The lowest BCUT2D eigenvalue weighted by atomic mass is 9.80. The fraction of sp³-hybridized carbons (Fsp3) is 0.480. The molecular formula is C25H31N3O2. The SMILES string of the molecule is CN=C(C#N)C(CC(NC=O)C1CCCC1)C1=CCC(C)(Oc2ccccc2)C=C1. The van der Waals surface area contributed by atoms with Crippen molar-refractivity contribution in [2.75, 3.05) is 7.05 Å². The third-order valence-corrected chi connectivity index (χ3v) is 6.29. The molecule has 0 radical (unpaired) electrons. The summed E-state index contributed by atoms with van der Waals surface area (Å²) in [4.78, 5) is 15.5. The molecule has 1 saturated carbocycles. The molecule has 0 saturated heterocycles. The fourth-order valence-corrected chi connectivity index (χ4v) is 4.61. The molecule has 30 heavy (non-hydrogen) atoms. The standard InChI is InChI=1S/C25H31N3O2/c1-25(30-21-10-4-3-5-11-21)14-12-19(13-15-25)22(24(17-26)27-2)16-23(28-18-29)20-8-6-7-9-20/h3-5,10-14,18,20,22-23H,6-9,15-16H2,1-2H3,(H,28,29). The summed E-state index contributed by atoms with van der Waals surface area (Å²) in [6.45, 7) is 2.06. The molecule has 2 aliphatic rings.